The smallest absolute Gasteiger partial charge is 0.348 e. The number of thiophene rings is 1. The van der Waals surface area contributed by atoms with Crippen molar-refractivity contribution < 1.29 is 28.4 Å². The zero-order valence-corrected chi connectivity index (χ0v) is 20.2. The van der Waals surface area contributed by atoms with E-state index in [-0.39, 0.29) is 39.6 Å². The predicted molar refractivity (Wildman–Crippen MR) is 125 cm³/mol. The molecule has 3 aromatic rings. The third-order valence-electron chi connectivity index (χ3n) is 4.38. The van der Waals surface area contributed by atoms with Gasteiger partial charge in [-0.2, -0.15) is 4.98 Å². The number of carbonyl (C=O) groups excluding carboxylic acids is 3. The lowest BCUT2D eigenvalue weighted by molar-refractivity contribution is -0.113. The number of esters is 2. The Kier molecular flexibility index (Phi) is 8.23. The quantitative estimate of drug-likeness (QED) is 0.342. The number of thioether (sulfide) groups is 1. The lowest BCUT2D eigenvalue weighted by Crippen LogP contribution is -2.16. The maximum atomic E-state index is 12.6. The van der Waals surface area contributed by atoms with Crippen LogP contribution in [0, 0.1) is 13.8 Å². The summed E-state index contributed by atoms with van der Waals surface area (Å²) >= 11 is 2.03. The Morgan fingerprint density at radius 2 is 1.73 bits per heavy atom. The van der Waals surface area contributed by atoms with Crippen LogP contribution in [0.5, 0.6) is 0 Å². The predicted octanol–water partition coefficient (Wildman–Crippen LogP) is 4.50. The largest absolute Gasteiger partial charge is 0.462 e. The monoisotopic (exact) mass is 489 g/mol. The van der Waals surface area contributed by atoms with E-state index < -0.39 is 17.8 Å². The van der Waals surface area contributed by atoms with Gasteiger partial charge in [0.05, 0.1) is 24.5 Å². The average Bonchev–Trinajstić information content (AvgIpc) is 3.38. The summed E-state index contributed by atoms with van der Waals surface area (Å²) in [6.45, 7) is 7.32. The number of ether oxygens (including phenoxy) is 2. The molecule has 0 saturated heterocycles. The first kappa shape index (κ1) is 24.5. The fourth-order valence-corrected chi connectivity index (χ4v) is 4.49. The van der Waals surface area contributed by atoms with Gasteiger partial charge in [-0.1, -0.05) is 46.7 Å². The van der Waals surface area contributed by atoms with Crippen LogP contribution in [0.25, 0.3) is 11.4 Å². The maximum Gasteiger partial charge on any atom is 0.348 e. The number of nitrogens with zero attached hydrogens (tertiary/aromatic N) is 2. The molecule has 9 nitrogen and oxygen atoms in total. The van der Waals surface area contributed by atoms with Gasteiger partial charge in [0, 0.05) is 5.56 Å². The van der Waals surface area contributed by atoms with E-state index in [4.69, 9.17) is 14.0 Å². The van der Waals surface area contributed by atoms with Gasteiger partial charge in [0.25, 0.3) is 5.22 Å². The Labute approximate surface area is 198 Å². The van der Waals surface area contributed by atoms with Crippen LogP contribution in [-0.4, -0.2) is 47.0 Å². The topological polar surface area (TPSA) is 121 Å². The first-order valence-corrected chi connectivity index (χ1v) is 11.9. The minimum Gasteiger partial charge on any atom is -0.462 e. The molecule has 0 saturated carbocycles. The van der Waals surface area contributed by atoms with Gasteiger partial charge in [0.2, 0.25) is 11.7 Å². The standard InChI is InChI=1S/C22H23N3O6S2/c1-5-29-20(27)16-13(4)17(21(28)30-6-2)33-19(16)23-15(26)11-32-22-24-18(25-31-22)14-9-7-12(3)8-10-14/h7-10H,5-6,11H2,1-4H3,(H,23,26). The van der Waals surface area contributed by atoms with Gasteiger partial charge >= 0.3 is 11.9 Å². The second-order valence-electron chi connectivity index (χ2n) is 6.79. The molecule has 0 atom stereocenters. The Hall–Kier alpha value is -3.18. The summed E-state index contributed by atoms with van der Waals surface area (Å²) in [6.07, 6.45) is 0. The van der Waals surface area contributed by atoms with E-state index in [0.29, 0.717) is 11.4 Å². The molecule has 2 aromatic heterocycles. The van der Waals surface area contributed by atoms with Crippen LogP contribution in [0.4, 0.5) is 5.00 Å². The van der Waals surface area contributed by atoms with E-state index in [1.807, 2.05) is 31.2 Å². The molecule has 2 heterocycles. The number of carbonyl (C=O) groups is 3. The first-order chi connectivity index (χ1) is 15.8. The SMILES string of the molecule is CCOC(=O)c1sc(NC(=O)CSc2nc(-c3ccc(C)cc3)no2)c(C(=O)OCC)c1C. The molecule has 0 radical (unpaired) electrons. The van der Waals surface area contributed by atoms with Crippen molar-refractivity contribution in [2.45, 2.75) is 32.9 Å². The van der Waals surface area contributed by atoms with E-state index in [2.05, 4.69) is 15.5 Å². The highest BCUT2D eigenvalue weighted by molar-refractivity contribution is 7.99. The molecule has 0 aliphatic rings. The number of benzene rings is 1. The van der Waals surface area contributed by atoms with E-state index in [9.17, 15) is 14.4 Å². The Morgan fingerprint density at radius 1 is 1.06 bits per heavy atom. The third-order valence-corrected chi connectivity index (χ3v) is 6.39. The second kappa shape index (κ2) is 11.1. The summed E-state index contributed by atoms with van der Waals surface area (Å²) in [5.74, 6) is -1.20. The summed E-state index contributed by atoms with van der Waals surface area (Å²) < 4.78 is 15.4. The van der Waals surface area contributed by atoms with E-state index in [1.54, 1.807) is 20.8 Å². The summed E-state index contributed by atoms with van der Waals surface area (Å²) in [7, 11) is 0. The van der Waals surface area contributed by atoms with E-state index in [1.165, 1.54) is 0 Å². The van der Waals surface area contributed by atoms with Crippen LogP contribution in [0.1, 0.15) is 45.0 Å². The van der Waals surface area contributed by atoms with Crippen molar-refractivity contribution >= 4 is 45.9 Å². The highest BCUT2D eigenvalue weighted by Crippen LogP contribution is 2.34. The van der Waals surface area contributed by atoms with Crippen molar-refractivity contribution in [1.82, 2.24) is 10.1 Å². The number of rotatable bonds is 9. The molecule has 0 aliphatic carbocycles. The van der Waals surface area contributed by atoms with Crippen LogP contribution < -0.4 is 5.32 Å². The first-order valence-electron chi connectivity index (χ1n) is 10.1. The van der Waals surface area contributed by atoms with Crippen molar-refractivity contribution in [3.63, 3.8) is 0 Å². The molecule has 1 N–H and O–H groups in total. The molecule has 174 valence electrons. The molecular formula is C22H23N3O6S2. The Balaban J connectivity index is 1.70. The van der Waals surface area contributed by atoms with Gasteiger partial charge in [0.1, 0.15) is 9.88 Å². The van der Waals surface area contributed by atoms with Crippen molar-refractivity contribution in [3.8, 4) is 11.4 Å². The zero-order valence-electron chi connectivity index (χ0n) is 18.6. The fraction of sp³-hybridized carbons (Fsp3) is 0.318. The number of hydrogen-bond acceptors (Lipinski definition) is 10. The Morgan fingerprint density at radius 3 is 2.39 bits per heavy atom. The lowest BCUT2D eigenvalue weighted by atomic mass is 10.1. The van der Waals surface area contributed by atoms with Gasteiger partial charge in [-0.3, -0.25) is 4.79 Å². The number of aromatic nitrogens is 2. The van der Waals surface area contributed by atoms with Crippen molar-refractivity contribution in [2.24, 2.45) is 0 Å². The number of amides is 1. The molecule has 1 aromatic carbocycles. The van der Waals surface area contributed by atoms with Crippen molar-refractivity contribution in [1.29, 1.82) is 0 Å². The van der Waals surface area contributed by atoms with Gasteiger partial charge in [-0.15, -0.1) is 11.3 Å². The summed E-state index contributed by atoms with van der Waals surface area (Å²) in [6, 6.07) is 7.67. The molecule has 0 aliphatic heterocycles. The molecule has 3 rings (SSSR count). The van der Waals surface area contributed by atoms with Crippen LogP contribution in [0.15, 0.2) is 34.0 Å². The number of nitrogens with one attached hydrogen (secondary N) is 1. The highest BCUT2D eigenvalue weighted by Gasteiger charge is 2.27. The molecule has 0 fully saturated rings. The van der Waals surface area contributed by atoms with E-state index >= 15 is 0 Å². The lowest BCUT2D eigenvalue weighted by Gasteiger charge is -2.06. The molecule has 11 heteroatoms. The maximum absolute atomic E-state index is 12.6. The molecular weight excluding hydrogens is 466 g/mol. The zero-order chi connectivity index (χ0) is 24.0. The molecule has 1 amide bonds. The molecule has 0 bridgehead atoms. The molecule has 33 heavy (non-hydrogen) atoms. The van der Waals surface area contributed by atoms with Crippen LogP contribution in [-0.2, 0) is 14.3 Å². The Bertz CT molecular complexity index is 1150. The summed E-state index contributed by atoms with van der Waals surface area (Å²) in [5, 5.41) is 7.09. The minimum absolute atomic E-state index is 0.0382. The number of anilines is 1. The average molecular weight is 490 g/mol. The van der Waals surface area contributed by atoms with Crippen molar-refractivity contribution in [2.75, 3.05) is 24.3 Å². The van der Waals surface area contributed by atoms with Crippen LogP contribution in [0.2, 0.25) is 0 Å². The highest BCUT2D eigenvalue weighted by atomic mass is 32.2. The molecule has 0 unspecified atom stereocenters. The summed E-state index contributed by atoms with van der Waals surface area (Å²) in [4.78, 5) is 41.8. The summed E-state index contributed by atoms with van der Waals surface area (Å²) in [5.41, 5.74) is 2.47. The fourth-order valence-electron chi connectivity index (χ4n) is 2.82. The third kappa shape index (κ3) is 5.99. The van der Waals surface area contributed by atoms with E-state index in [0.717, 1.165) is 34.2 Å². The van der Waals surface area contributed by atoms with Crippen molar-refractivity contribution in [3.05, 3.63) is 45.8 Å². The normalized spacial score (nSPS) is 10.7. The second-order valence-corrected chi connectivity index (χ2v) is 8.74. The number of hydrogen-bond donors (Lipinski definition) is 1. The van der Waals surface area contributed by atoms with Gasteiger partial charge in [-0.05, 0) is 33.3 Å². The molecule has 0 spiro atoms. The van der Waals surface area contributed by atoms with Gasteiger partial charge < -0.3 is 19.3 Å². The van der Waals surface area contributed by atoms with Gasteiger partial charge in [-0.25, -0.2) is 9.59 Å². The minimum atomic E-state index is -0.621. The van der Waals surface area contributed by atoms with Gasteiger partial charge in [0.15, 0.2) is 0 Å². The van der Waals surface area contributed by atoms with Crippen LogP contribution >= 0.6 is 23.1 Å². The van der Waals surface area contributed by atoms with Crippen LogP contribution in [0.3, 0.4) is 0 Å². The number of aryl methyl sites for hydroxylation is 1.